The second-order valence-electron chi connectivity index (χ2n) is 1.76. The van der Waals surface area contributed by atoms with Gasteiger partial charge in [-0.1, -0.05) is 49.7 Å². The highest BCUT2D eigenvalue weighted by molar-refractivity contribution is 5.32. The number of benzene rings is 1. The molecule has 0 aromatic heterocycles. The molecule has 68 valence electrons. The Bertz CT molecular complexity index is 170. The van der Waals surface area contributed by atoms with Gasteiger partial charge in [0, 0.05) is 0 Å². The molecule has 2 nitrogen and oxygen atoms in total. The van der Waals surface area contributed by atoms with Crippen LogP contribution in [-0.4, -0.2) is 11.6 Å². The molecule has 0 spiro atoms. The van der Waals surface area contributed by atoms with E-state index in [2.05, 4.69) is 19.1 Å². The molecular formula is C10H16O2. The first-order valence-electron chi connectivity index (χ1n) is 3.90. The van der Waals surface area contributed by atoms with Crippen LogP contribution in [0.25, 0.3) is 0 Å². The number of rotatable bonds is 0. The van der Waals surface area contributed by atoms with E-state index in [-0.39, 0.29) is 6.47 Å². The Balaban J connectivity index is 0. The van der Waals surface area contributed by atoms with Gasteiger partial charge in [0.15, 0.2) is 0 Å². The molecule has 0 aliphatic carbocycles. The molecule has 1 rings (SSSR count). The van der Waals surface area contributed by atoms with Crippen LogP contribution in [0.1, 0.15) is 19.4 Å². The number of hydrogen-bond acceptors (Lipinski definition) is 1. The Labute approximate surface area is 73.9 Å². The predicted octanol–water partition coefficient (Wildman–Crippen LogP) is 2.72. The molecule has 0 fully saturated rings. The molecule has 0 bridgehead atoms. The van der Waals surface area contributed by atoms with E-state index < -0.39 is 0 Å². The Morgan fingerprint density at radius 1 is 1.17 bits per heavy atom. The van der Waals surface area contributed by atoms with Gasteiger partial charge in [-0.25, -0.2) is 0 Å². The third-order valence-electron chi connectivity index (χ3n) is 0.940. The lowest BCUT2D eigenvalue weighted by Crippen LogP contribution is -1.62. The molecule has 0 amide bonds. The Kier molecular flexibility index (Phi) is 13.7. The van der Waals surface area contributed by atoms with Gasteiger partial charge < -0.3 is 5.11 Å². The van der Waals surface area contributed by atoms with Gasteiger partial charge in [-0.3, -0.25) is 4.79 Å². The largest absolute Gasteiger partial charge is 0.483 e. The molecule has 1 aromatic carbocycles. The zero-order valence-corrected chi connectivity index (χ0v) is 7.82. The van der Waals surface area contributed by atoms with Gasteiger partial charge >= 0.3 is 0 Å². The average molecular weight is 168 g/mol. The first kappa shape index (κ1) is 13.3. The standard InChI is InChI=1S/C7H8.C2H6.CH2O2/c1-7-5-3-2-4-6-7;1-2;2-1-3/h2-6H,1H3;1-2H3;1H,(H,2,3). The van der Waals surface area contributed by atoms with E-state index in [4.69, 9.17) is 9.90 Å². The van der Waals surface area contributed by atoms with Gasteiger partial charge in [0.2, 0.25) is 0 Å². The third-order valence-corrected chi connectivity index (χ3v) is 0.940. The fourth-order valence-electron chi connectivity index (χ4n) is 0.534. The van der Waals surface area contributed by atoms with Crippen LogP contribution in [0.3, 0.4) is 0 Å². The number of carbonyl (C=O) groups is 1. The van der Waals surface area contributed by atoms with Crippen molar-refractivity contribution in [3.63, 3.8) is 0 Å². The van der Waals surface area contributed by atoms with Crippen LogP contribution < -0.4 is 0 Å². The van der Waals surface area contributed by atoms with Crippen LogP contribution in [0.5, 0.6) is 0 Å². The van der Waals surface area contributed by atoms with Crippen molar-refractivity contribution in [1.82, 2.24) is 0 Å². The molecule has 1 N–H and O–H groups in total. The monoisotopic (exact) mass is 168 g/mol. The Morgan fingerprint density at radius 2 is 1.50 bits per heavy atom. The van der Waals surface area contributed by atoms with Crippen LogP contribution in [-0.2, 0) is 4.79 Å². The van der Waals surface area contributed by atoms with Crippen molar-refractivity contribution in [2.75, 3.05) is 0 Å². The lowest BCUT2D eigenvalue weighted by Gasteiger charge is -1.82. The Hall–Kier alpha value is -1.31. The lowest BCUT2D eigenvalue weighted by atomic mass is 10.2. The fraction of sp³-hybridized carbons (Fsp3) is 0.300. The minimum atomic E-state index is -0.250. The summed E-state index contributed by atoms with van der Waals surface area (Å²) in [7, 11) is 0. The SMILES string of the molecule is CC.Cc1ccccc1.O=CO. The number of aryl methyl sites for hydroxylation is 1. The maximum atomic E-state index is 8.36. The van der Waals surface area contributed by atoms with Gasteiger partial charge in [0.25, 0.3) is 6.47 Å². The fourth-order valence-corrected chi connectivity index (χ4v) is 0.534. The van der Waals surface area contributed by atoms with Gasteiger partial charge in [-0.05, 0) is 6.92 Å². The summed E-state index contributed by atoms with van der Waals surface area (Å²) >= 11 is 0. The van der Waals surface area contributed by atoms with E-state index in [1.54, 1.807) is 0 Å². The second kappa shape index (κ2) is 12.4. The summed E-state index contributed by atoms with van der Waals surface area (Å²) in [5.74, 6) is 0. The van der Waals surface area contributed by atoms with E-state index in [9.17, 15) is 0 Å². The van der Waals surface area contributed by atoms with Crippen LogP contribution in [0.4, 0.5) is 0 Å². The average Bonchev–Trinajstić information content (AvgIpc) is 2.11. The normalized spacial score (nSPS) is 6.58. The second-order valence-corrected chi connectivity index (χ2v) is 1.76. The van der Waals surface area contributed by atoms with Crippen molar-refractivity contribution in [2.45, 2.75) is 20.8 Å². The van der Waals surface area contributed by atoms with Crippen LogP contribution in [0.2, 0.25) is 0 Å². The molecule has 0 heterocycles. The molecular weight excluding hydrogens is 152 g/mol. The molecule has 12 heavy (non-hydrogen) atoms. The molecule has 0 saturated heterocycles. The van der Waals surface area contributed by atoms with Gasteiger partial charge in [-0.15, -0.1) is 0 Å². The summed E-state index contributed by atoms with van der Waals surface area (Å²) in [4.78, 5) is 8.36. The van der Waals surface area contributed by atoms with E-state index >= 15 is 0 Å². The van der Waals surface area contributed by atoms with Crippen LogP contribution in [0, 0.1) is 6.92 Å². The summed E-state index contributed by atoms with van der Waals surface area (Å²) in [6.45, 7) is 5.83. The minimum absolute atomic E-state index is 0.250. The highest BCUT2D eigenvalue weighted by Gasteiger charge is 1.72. The summed E-state index contributed by atoms with van der Waals surface area (Å²) in [6.07, 6.45) is 0. The summed E-state index contributed by atoms with van der Waals surface area (Å²) in [5, 5.41) is 6.89. The molecule has 0 aliphatic rings. The molecule has 0 atom stereocenters. The topological polar surface area (TPSA) is 37.3 Å². The molecule has 0 unspecified atom stereocenters. The maximum absolute atomic E-state index is 8.36. The van der Waals surface area contributed by atoms with E-state index in [1.165, 1.54) is 5.56 Å². The van der Waals surface area contributed by atoms with E-state index in [0.717, 1.165) is 0 Å². The highest BCUT2D eigenvalue weighted by Crippen LogP contribution is 1.92. The summed E-state index contributed by atoms with van der Waals surface area (Å²) in [5.41, 5.74) is 1.32. The third kappa shape index (κ3) is 11.5. The van der Waals surface area contributed by atoms with Crippen molar-refractivity contribution in [2.24, 2.45) is 0 Å². The van der Waals surface area contributed by atoms with Crippen molar-refractivity contribution in [1.29, 1.82) is 0 Å². The quantitative estimate of drug-likeness (QED) is 0.605. The zero-order chi connectivity index (χ0) is 9.82. The van der Waals surface area contributed by atoms with Crippen molar-refractivity contribution in [3.05, 3.63) is 35.9 Å². The molecule has 2 heteroatoms. The minimum Gasteiger partial charge on any atom is -0.483 e. The molecule has 0 saturated carbocycles. The van der Waals surface area contributed by atoms with E-state index in [1.807, 2.05) is 32.0 Å². The van der Waals surface area contributed by atoms with Gasteiger partial charge in [0.05, 0.1) is 0 Å². The highest BCUT2D eigenvalue weighted by atomic mass is 16.3. The van der Waals surface area contributed by atoms with Gasteiger partial charge in [-0.2, -0.15) is 0 Å². The lowest BCUT2D eigenvalue weighted by molar-refractivity contribution is -0.122. The first-order chi connectivity index (χ1) is 5.81. The zero-order valence-electron chi connectivity index (χ0n) is 7.82. The molecule has 1 aromatic rings. The summed E-state index contributed by atoms with van der Waals surface area (Å²) < 4.78 is 0. The smallest absolute Gasteiger partial charge is 0.290 e. The first-order valence-corrected chi connectivity index (χ1v) is 3.90. The predicted molar refractivity (Wildman–Crippen MR) is 51.2 cm³/mol. The van der Waals surface area contributed by atoms with Crippen LogP contribution in [0.15, 0.2) is 30.3 Å². The van der Waals surface area contributed by atoms with Crippen LogP contribution >= 0.6 is 0 Å². The molecule has 0 radical (unpaired) electrons. The number of hydrogen-bond donors (Lipinski definition) is 1. The summed E-state index contributed by atoms with van der Waals surface area (Å²) in [6, 6.07) is 10.3. The van der Waals surface area contributed by atoms with Crippen molar-refractivity contribution >= 4 is 6.47 Å². The van der Waals surface area contributed by atoms with E-state index in [0.29, 0.717) is 0 Å². The Morgan fingerprint density at radius 3 is 1.67 bits per heavy atom. The van der Waals surface area contributed by atoms with Gasteiger partial charge in [0.1, 0.15) is 0 Å². The molecule has 0 aliphatic heterocycles. The van der Waals surface area contributed by atoms with Crippen molar-refractivity contribution < 1.29 is 9.90 Å². The van der Waals surface area contributed by atoms with Crippen molar-refractivity contribution in [3.8, 4) is 0 Å². The maximum Gasteiger partial charge on any atom is 0.290 e. The number of carboxylic acid groups (broad SMARTS) is 1.